The first-order valence-corrected chi connectivity index (χ1v) is 7.27. The third-order valence-corrected chi connectivity index (χ3v) is 3.49. The van der Waals surface area contributed by atoms with Crippen molar-refractivity contribution >= 4 is 17.7 Å². The molecule has 1 aromatic carbocycles. The molecule has 21 heavy (non-hydrogen) atoms. The van der Waals surface area contributed by atoms with Crippen molar-refractivity contribution in [1.29, 1.82) is 0 Å². The highest BCUT2D eigenvalue weighted by molar-refractivity contribution is 7.98. The molecule has 1 heterocycles. The molecular formula is C13H13F2N3O2S. The van der Waals surface area contributed by atoms with E-state index in [2.05, 4.69) is 20.0 Å². The summed E-state index contributed by atoms with van der Waals surface area (Å²) in [7, 11) is 0. The van der Waals surface area contributed by atoms with E-state index in [-0.39, 0.29) is 18.3 Å². The van der Waals surface area contributed by atoms with Crippen molar-refractivity contribution in [3.63, 3.8) is 0 Å². The van der Waals surface area contributed by atoms with Gasteiger partial charge in [-0.3, -0.25) is 4.79 Å². The lowest BCUT2D eigenvalue weighted by Crippen LogP contribution is -2.23. The lowest BCUT2D eigenvalue weighted by atomic mass is 10.1. The van der Waals surface area contributed by atoms with Crippen molar-refractivity contribution in [2.24, 2.45) is 0 Å². The van der Waals surface area contributed by atoms with E-state index >= 15 is 0 Å². The molecule has 0 aliphatic heterocycles. The topological polar surface area (TPSA) is 68.0 Å². The van der Waals surface area contributed by atoms with Crippen LogP contribution in [0.5, 0.6) is 0 Å². The molecule has 1 N–H and O–H groups in total. The van der Waals surface area contributed by atoms with Crippen LogP contribution in [-0.2, 0) is 6.54 Å². The van der Waals surface area contributed by atoms with Crippen LogP contribution in [0.2, 0.25) is 0 Å². The largest absolute Gasteiger partial charge is 0.343 e. The first kappa shape index (κ1) is 15.4. The number of halogens is 2. The molecule has 0 spiro atoms. The molecular weight excluding hydrogens is 300 g/mol. The molecule has 0 aliphatic carbocycles. The van der Waals surface area contributed by atoms with Crippen molar-refractivity contribution < 1.29 is 18.1 Å². The van der Waals surface area contributed by atoms with Gasteiger partial charge in [0, 0.05) is 10.5 Å². The number of carbonyl (C=O) groups excluding carboxylic acids is 1. The maximum atomic E-state index is 12.3. The summed E-state index contributed by atoms with van der Waals surface area (Å²) >= 11 is 1.53. The predicted molar refractivity (Wildman–Crippen MR) is 73.4 cm³/mol. The standard InChI is InChI=1S/C13H13F2N3O2S/c1-7-3-4-8(21-2)5-9(7)13(19)16-6-10-17-12(11(14)15)18-20-10/h3-5,11H,6H2,1-2H3,(H,16,19). The third kappa shape index (κ3) is 3.78. The van der Waals surface area contributed by atoms with E-state index in [1.54, 1.807) is 6.07 Å². The lowest BCUT2D eigenvalue weighted by Gasteiger charge is -2.07. The molecule has 0 aliphatic rings. The predicted octanol–water partition coefficient (Wildman–Crippen LogP) is 2.97. The van der Waals surface area contributed by atoms with Crippen LogP contribution < -0.4 is 5.32 Å². The number of benzene rings is 1. The highest BCUT2D eigenvalue weighted by Crippen LogP contribution is 2.19. The number of alkyl halides is 2. The van der Waals surface area contributed by atoms with E-state index < -0.39 is 12.2 Å². The summed E-state index contributed by atoms with van der Waals surface area (Å²) in [4.78, 5) is 16.5. The zero-order valence-electron chi connectivity index (χ0n) is 11.4. The Hall–Kier alpha value is -1.96. The number of hydrogen-bond acceptors (Lipinski definition) is 5. The monoisotopic (exact) mass is 313 g/mol. The molecule has 0 fully saturated rings. The highest BCUT2D eigenvalue weighted by Gasteiger charge is 2.17. The number of amides is 1. The van der Waals surface area contributed by atoms with Crippen molar-refractivity contribution in [2.45, 2.75) is 24.8 Å². The van der Waals surface area contributed by atoms with Gasteiger partial charge in [-0.05, 0) is 30.9 Å². The van der Waals surface area contributed by atoms with Crippen LogP contribution in [0, 0.1) is 6.92 Å². The minimum Gasteiger partial charge on any atom is -0.343 e. The number of thioether (sulfide) groups is 1. The van der Waals surface area contributed by atoms with Crippen LogP contribution in [-0.4, -0.2) is 22.3 Å². The maximum Gasteiger partial charge on any atom is 0.300 e. The molecule has 0 bridgehead atoms. The molecule has 2 rings (SSSR count). The molecule has 1 aromatic heterocycles. The van der Waals surface area contributed by atoms with Gasteiger partial charge in [-0.25, -0.2) is 8.78 Å². The second-order valence-electron chi connectivity index (χ2n) is 4.21. The number of aromatic nitrogens is 2. The molecule has 8 heteroatoms. The molecule has 2 aromatic rings. The van der Waals surface area contributed by atoms with Gasteiger partial charge in [0.15, 0.2) is 0 Å². The van der Waals surface area contributed by atoms with Gasteiger partial charge in [0.1, 0.15) is 0 Å². The molecule has 0 saturated heterocycles. The number of rotatable bonds is 5. The Kier molecular flexibility index (Phi) is 4.89. The molecule has 0 atom stereocenters. The van der Waals surface area contributed by atoms with Crippen LogP contribution in [0.4, 0.5) is 8.78 Å². The van der Waals surface area contributed by atoms with Crippen molar-refractivity contribution in [3.05, 3.63) is 41.0 Å². The minimum atomic E-state index is -2.79. The van der Waals surface area contributed by atoms with Gasteiger partial charge in [-0.2, -0.15) is 4.98 Å². The summed E-state index contributed by atoms with van der Waals surface area (Å²) in [5, 5.41) is 5.69. The number of nitrogens with zero attached hydrogens (tertiary/aromatic N) is 2. The van der Waals surface area contributed by atoms with Crippen molar-refractivity contribution in [3.8, 4) is 0 Å². The van der Waals surface area contributed by atoms with E-state index in [1.165, 1.54) is 11.8 Å². The highest BCUT2D eigenvalue weighted by atomic mass is 32.2. The van der Waals surface area contributed by atoms with Gasteiger partial charge in [-0.1, -0.05) is 11.2 Å². The molecule has 112 valence electrons. The Morgan fingerprint density at radius 2 is 2.24 bits per heavy atom. The van der Waals surface area contributed by atoms with E-state index in [9.17, 15) is 13.6 Å². The second kappa shape index (κ2) is 6.66. The molecule has 1 amide bonds. The molecule has 5 nitrogen and oxygen atoms in total. The Morgan fingerprint density at radius 1 is 1.48 bits per heavy atom. The summed E-state index contributed by atoms with van der Waals surface area (Å²) in [6.45, 7) is 1.72. The summed E-state index contributed by atoms with van der Waals surface area (Å²) in [5.74, 6) is -1.06. The second-order valence-corrected chi connectivity index (χ2v) is 5.09. The van der Waals surface area contributed by atoms with Crippen LogP contribution in [0.1, 0.15) is 34.1 Å². The summed E-state index contributed by atoms with van der Waals surface area (Å²) in [6.07, 6.45) is -0.880. The van der Waals surface area contributed by atoms with E-state index in [0.29, 0.717) is 5.56 Å². The zero-order chi connectivity index (χ0) is 15.4. The number of carbonyl (C=O) groups is 1. The third-order valence-electron chi connectivity index (χ3n) is 2.77. The van der Waals surface area contributed by atoms with Crippen molar-refractivity contribution in [1.82, 2.24) is 15.5 Å². The van der Waals surface area contributed by atoms with Crippen LogP contribution >= 0.6 is 11.8 Å². The maximum absolute atomic E-state index is 12.3. The number of nitrogens with one attached hydrogen (secondary N) is 1. The minimum absolute atomic E-state index is 0.0580. The zero-order valence-corrected chi connectivity index (χ0v) is 12.2. The van der Waals surface area contributed by atoms with Gasteiger partial charge < -0.3 is 9.84 Å². The molecule has 0 unspecified atom stereocenters. The SMILES string of the molecule is CSc1ccc(C)c(C(=O)NCc2nc(C(F)F)no2)c1. The summed E-state index contributed by atoms with van der Waals surface area (Å²) in [5.41, 5.74) is 1.35. The number of aryl methyl sites for hydroxylation is 1. The lowest BCUT2D eigenvalue weighted by molar-refractivity contribution is 0.0945. The van der Waals surface area contributed by atoms with Crippen LogP contribution in [0.25, 0.3) is 0 Å². The average Bonchev–Trinajstić information content (AvgIpc) is 2.94. The van der Waals surface area contributed by atoms with E-state index in [4.69, 9.17) is 0 Å². The van der Waals surface area contributed by atoms with E-state index in [0.717, 1.165) is 10.5 Å². The fourth-order valence-corrected chi connectivity index (χ4v) is 2.09. The first-order valence-electron chi connectivity index (χ1n) is 6.04. The normalized spacial score (nSPS) is 10.9. The smallest absolute Gasteiger partial charge is 0.300 e. The van der Waals surface area contributed by atoms with Gasteiger partial charge in [-0.15, -0.1) is 11.8 Å². The van der Waals surface area contributed by atoms with Gasteiger partial charge in [0.05, 0.1) is 6.54 Å². The fraction of sp³-hybridized carbons (Fsp3) is 0.308. The molecule has 0 saturated carbocycles. The Morgan fingerprint density at radius 3 is 2.86 bits per heavy atom. The summed E-state index contributed by atoms with van der Waals surface area (Å²) in [6, 6.07) is 5.54. The fourth-order valence-electron chi connectivity index (χ4n) is 1.65. The average molecular weight is 313 g/mol. The Bertz CT molecular complexity index is 646. The first-order chi connectivity index (χ1) is 10.0. The van der Waals surface area contributed by atoms with Gasteiger partial charge >= 0.3 is 6.43 Å². The van der Waals surface area contributed by atoms with Crippen LogP contribution in [0.15, 0.2) is 27.6 Å². The molecule has 0 radical (unpaired) electrons. The summed E-state index contributed by atoms with van der Waals surface area (Å²) < 4.78 is 29.2. The van der Waals surface area contributed by atoms with E-state index in [1.807, 2.05) is 25.3 Å². The van der Waals surface area contributed by atoms with Crippen molar-refractivity contribution in [2.75, 3.05) is 6.26 Å². The Labute approximate surface area is 124 Å². The Balaban J connectivity index is 2.04. The quantitative estimate of drug-likeness (QED) is 0.860. The van der Waals surface area contributed by atoms with Crippen LogP contribution in [0.3, 0.4) is 0 Å². The van der Waals surface area contributed by atoms with Gasteiger partial charge in [0.25, 0.3) is 5.91 Å². The van der Waals surface area contributed by atoms with Gasteiger partial charge in [0.2, 0.25) is 11.7 Å². The number of hydrogen-bond donors (Lipinski definition) is 1.